The van der Waals surface area contributed by atoms with Gasteiger partial charge in [-0.25, -0.2) is 9.18 Å². The van der Waals surface area contributed by atoms with Gasteiger partial charge in [0.05, 0.1) is 16.9 Å². The first-order valence-corrected chi connectivity index (χ1v) is 8.80. The summed E-state index contributed by atoms with van der Waals surface area (Å²) in [7, 11) is 0. The van der Waals surface area contributed by atoms with Crippen LogP contribution < -0.4 is 5.32 Å². The Morgan fingerprint density at radius 2 is 2.13 bits per heavy atom. The molecule has 1 fully saturated rings. The lowest BCUT2D eigenvalue weighted by Crippen LogP contribution is -2.42. The van der Waals surface area contributed by atoms with Gasteiger partial charge < -0.3 is 10.2 Å². The van der Waals surface area contributed by atoms with E-state index in [1.165, 1.54) is 17.4 Å². The van der Waals surface area contributed by atoms with Crippen molar-refractivity contribution in [2.24, 2.45) is 0 Å². The number of hydrogen-bond acceptors (Lipinski definition) is 2. The summed E-state index contributed by atoms with van der Waals surface area (Å²) < 4.78 is 14.6. The van der Waals surface area contributed by atoms with Crippen LogP contribution in [0.4, 0.5) is 9.18 Å². The minimum absolute atomic E-state index is 0.123. The Morgan fingerprint density at radius 3 is 2.74 bits per heavy atom. The molecule has 1 atom stereocenters. The number of thiophene rings is 1. The molecule has 6 heteroatoms. The maximum Gasteiger partial charge on any atom is 0.318 e. The van der Waals surface area contributed by atoms with E-state index in [4.69, 9.17) is 11.6 Å². The van der Waals surface area contributed by atoms with Gasteiger partial charge in [0.2, 0.25) is 0 Å². The van der Waals surface area contributed by atoms with E-state index < -0.39 is 0 Å². The zero-order valence-corrected chi connectivity index (χ0v) is 14.3. The fourth-order valence-electron chi connectivity index (χ4n) is 2.46. The minimum atomic E-state index is -0.274. The van der Waals surface area contributed by atoms with E-state index in [0.29, 0.717) is 16.4 Å². The number of urea groups is 1. The van der Waals surface area contributed by atoms with Gasteiger partial charge in [0.25, 0.3) is 0 Å². The predicted molar refractivity (Wildman–Crippen MR) is 91.2 cm³/mol. The molecule has 1 aromatic carbocycles. The van der Waals surface area contributed by atoms with Crippen molar-refractivity contribution in [1.82, 2.24) is 10.2 Å². The van der Waals surface area contributed by atoms with Crippen LogP contribution in [0, 0.1) is 5.82 Å². The van der Waals surface area contributed by atoms with Gasteiger partial charge in [-0.1, -0.05) is 29.8 Å². The number of nitrogens with one attached hydrogen (secondary N) is 1. The molecule has 1 N–H and O–H groups in total. The molecule has 1 aromatic heterocycles. The number of amides is 2. The molecule has 0 saturated heterocycles. The van der Waals surface area contributed by atoms with Crippen LogP contribution in [-0.2, 0) is 6.54 Å². The van der Waals surface area contributed by atoms with Gasteiger partial charge in [-0.3, -0.25) is 0 Å². The number of carbonyl (C=O) groups excluding carboxylic acids is 1. The second kappa shape index (κ2) is 6.89. The van der Waals surface area contributed by atoms with Gasteiger partial charge in [0.1, 0.15) is 5.82 Å². The standard InChI is InChI=1S/C17H18ClFN2OS/c1-11(15-8-9-16(18)23-15)20-17(22)21(13-6-7-13)10-12-4-2-3-5-14(12)19/h2-5,8-9,11,13H,6-7,10H2,1H3,(H,20,22). The lowest BCUT2D eigenvalue weighted by molar-refractivity contribution is 0.188. The average Bonchev–Trinajstić information content (AvgIpc) is 3.26. The van der Waals surface area contributed by atoms with Crippen LogP contribution in [0.3, 0.4) is 0 Å². The molecular formula is C17H18ClFN2OS. The van der Waals surface area contributed by atoms with E-state index in [9.17, 15) is 9.18 Å². The Morgan fingerprint density at radius 1 is 1.39 bits per heavy atom. The van der Waals surface area contributed by atoms with E-state index in [1.807, 2.05) is 19.1 Å². The maximum atomic E-state index is 13.9. The highest BCUT2D eigenvalue weighted by atomic mass is 35.5. The summed E-state index contributed by atoms with van der Waals surface area (Å²) in [5, 5.41) is 2.99. The zero-order chi connectivity index (χ0) is 16.4. The summed E-state index contributed by atoms with van der Waals surface area (Å²) in [5.41, 5.74) is 0.543. The molecule has 0 bridgehead atoms. The summed E-state index contributed by atoms with van der Waals surface area (Å²) in [6, 6.07) is 10.2. The molecule has 2 aromatic rings. The topological polar surface area (TPSA) is 32.3 Å². The van der Waals surface area contributed by atoms with Crippen molar-refractivity contribution in [3.63, 3.8) is 0 Å². The third kappa shape index (κ3) is 4.03. The van der Waals surface area contributed by atoms with Gasteiger partial charge in [-0.15, -0.1) is 11.3 Å². The molecule has 2 amide bonds. The predicted octanol–water partition coefficient (Wildman–Crippen LogP) is 4.98. The van der Waals surface area contributed by atoms with E-state index in [1.54, 1.807) is 23.1 Å². The van der Waals surface area contributed by atoms with Crippen molar-refractivity contribution in [3.8, 4) is 0 Å². The Balaban J connectivity index is 1.68. The van der Waals surface area contributed by atoms with Crippen LogP contribution in [0.25, 0.3) is 0 Å². The summed E-state index contributed by atoms with van der Waals surface area (Å²) in [4.78, 5) is 15.3. The molecule has 1 aliphatic rings. The van der Waals surface area contributed by atoms with E-state index in [0.717, 1.165) is 17.7 Å². The monoisotopic (exact) mass is 352 g/mol. The molecule has 122 valence electrons. The first kappa shape index (κ1) is 16.3. The van der Waals surface area contributed by atoms with Crippen LogP contribution in [0.15, 0.2) is 36.4 Å². The third-order valence-corrected chi connectivity index (χ3v) is 5.32. The van der Waals surface area contributed by atoms with Gasteiger partial charge in [-0.05, 0) is 38.0 Å². The number of benzene rings is 1. The van der Waals surface area contributed by atoms with E-state index in [-0.39, 0.29) is 23.9 Å². The highest BCUT2D eigenvalue weighted by molar-refractivity contribution is 7.16. The molecule has 0 aliphatic heterocycles. The maximum absolute atomic E-state index is 13.9. The van der Waals surface area contributed by atoms with Gasteiger partial charge in [-0.2, -0.15) is 0 Å². The lowest BCUT2D eigenvalue weighted by atomic mass is 10.2. The highest BCUT2D eigenvalue weighted by Gasteiger charge is 2.33. The third-order valence-electron chi connectivity index (χ3n) is 3.91. The van der Waals surface area contributed by atoms with Crippen molar-refractivity contribution >= 4 is 29.0 Å². The molecule has 1 heterocycles. The van der Waals surface area contributed by atoms with Gasteiger partial charge in [0, 0.05) is 16.5 Å². The first-order valence-electron chi connectivity index (χ1n) is 7.60. The minimum Gasteiger partial charge on any atom is -0.331 e. The van der Waals surface area contributed by atoms with Crippen molar-refractivity contribution in [2.45, 2.75) is 38.4 Å². The molecule has 1 saturated carbocycles. The smallest absolute Gasteiger partial charge is 0.318 e. The first-order chi connectivity index (χ1) is 11.0. The van der Waals surface area contributed by atoms with Crippen LogP contribution in [0.5, 0.6) is 0 Å². The number of halogens is 2. The Bertz CT molecular complexity index is 701. The average molecular weight is 353 g/mol. The summed E-state index contributed by atoms with van der Waals surface area (Å²) >= 11 is 7.39. The van der Waals surface area contributed by atoms with Gasteiger partial charge >= 0.3 is 6.03 Å². The summed E-state index contributed by atoms with van der Waals surface area (Å²) in [6.45, 7) is 2.22. The van der Waals surface area contributed by atoms with Gasteiger partial charge in [0.15, 0.2) is 0 Å². The van der Waals surface area contributed by atoms with Crippen molar-refractivity contribution in [3.05, 3.63) is 57.0 Å². The quantitative estimate of drug-likeness (QED) is 0.809. The van der Waals surface area contributed by atoms with Crippen molar-refractivity contribution in [1.29, 1.82) is 0 Å². The number of rotatable bonds is 5. The molecule has 3 nitrogen and oxygen atoms in total. The fourth-order valence-corrected chi connectivity index (χ4v) is 3.53. The zero-order valence-electron chi connectivity index (χ0n) is 12.8. The number of carbonyl (C=O) groups is 1. The largest absolute Gasteiger partial charge is 0.331 e. The van der Waals surface area contributed by atoms with Crippen LogP contribution in [-0.4, -0.2) is 17.0 Å². The van der Waals surface area contributed by atoms with Crippen molar-refractivity contribution < 1.29 is 9.18 Å². The van der Waals surface area contributed by atoms with Crippen LogP contribution >= 0.6 is 22.9 Å². The number of hydrogen-bond donors (Lipinski definition) is 1. The Hall–Kier alpha value is -1.59. The second-order valence-electron chi connectivity index (χ2n) is 5.76. The summed E-state index contributed by atoms with van der Waals surface area (Å²) in [6.07, 6.45) is 1.95. The lowest BCUT2D eigenvalue weighted by Gasteiger charge is -2.25. The van der Waals surface area contributed by atoms with E-state index >= 15 is 0 Å². The molecule has 3 rings (SSSR count). The van der Waals surface area contributed by atoms with Crippen LogP contribution in [0.2, 0.25) is 4.34 Å². The van der Waals surface area contributed by atoms with Crippen molar-refractivity contribution in [2.75, 3.05) is 0 Å². The SMILES string of the molecule is CC(NC(=O)N(Cc1ccccc1F)C1CC1)c1ccc(Cl)s1. The molecule has 0 radical (unpaired) electrons. The second-order valence-corrected chi connectivity index (χ2v) is 7.51. The molecule has 23 heavy (non-hydrogen) atoms. The fraction of sp³-hybridized carbons (Fsp3) is 0.353. The van der Waals surface area contributed by atoms with Crippen LogP contribution in [0.1, 0.15) is 36.2 Å². The molecule has 1 aliphatic carbocycles. The summed E-state index contributed by atoms with van der Waals surface area (Å²) in [5.74, 6) is -0.274. The number of nitrogens with zero attached hydrogens (tertiary/aromatic N) is 1. The normalized spacial score (nSPS) is 15.3. The molecular weight excluding hydrogens is 335 g/mol. The Labute approximate surface area is 144 Å². The highest BCUT2D eigenvalue weighted by Crippen LogP contribution is 2.30. The Kier molecular flexibility index (Phi) is 4.87. The van der Waals surface area contributed by atoms with E-state index in [2.05, 4.69) is 5.32 Å². The molecule has 0 spiro atoms. The molecule has 1 unspecified atom stereocenters.